The van der Waals surface area contributed by atoms with Crippen molar-refractivity contribution in [2.45, 2.75) is 100 Å². The van der Waals surface area contributed by atoms with E-state index in [4.69, 9.17) is 52.1 Å². The second-order valence-electron chi connectivity index (χ2n) is 8.67. The maximum absolute atomic E-state index is 12.4. The van der Waals surface area contributed by atoms with Gasteiger partial charge in [0, 0.05) is 12.1 Å². The van der Waals surface area contributed by atoms with Gasteiger partial charge in [-0.1, -0.05) is 118 Å². The lowest BCUT2D eigenvalue weighted by Gasteiger charge is -2.27. The van der Waals surface area contributed by atoms with Crippen molar-refractivity contribution in [3.05, 3.63) is 29.8 Å². The Morgan fingerprint density at radius 2 is 1.46 bits per heavy atom. The number of hydrogen-bond acceptors (Lipinski definition) is 3. The number of anilines is 1. The molecule has 1 aromatic carbocycles. The highest BCUT2D eigenvalue weighted by atomic mass is 35.6. The van der Waals surface area contributed by atoms with E-state index in [2.05, 4.69) is 22.9 Å². The van der Waals surface area contributed by atoms with Crippen molar-refractivity contribution in [3.63, 3.8) is 0 Å². The van der Waals surface area contributed by atoms with Crippen LogP contribution in [-0.2, 0) is 4.79 Å². The van der Waals surface area contributed by atoms with Crippen molar-refractivity contribution in [1.82, 2.24) is 10.6 Å². The van der Waals surface area contributed by atoms with Gasteiger partial charge in [0.1, 0.15) is 6.17 Å². The lowest BCUT2D eigenvalue weighted by molar-refractivity contribution is -0.122. The van der Waals surface area contributed by atoms with Gasteiger partial charge >= 0.3 is 5.97 Å². The molecule has 0 fully saturated rings. The van der Waals surface area contributed by atoms with E-state index in [1.165, 1.54) is 69.9 Å². The number of thiocarbonyl (C=S) groups is 1. The van der Waals surface area contributed by atoms with E-state index in [9.17, 15) is 9.59 Å². The van der Waals surface area contributed by atoms with Crippen LogP contribution in [0.5, 0.6) is 0 Å². The number of unbranched alkanes of at least 4 members (excludes halogenated alkanes) is 11. The average Bonchev–Trinajstić information content (AvgIpc) is 2.79. The molecule has 35 heavy (non-hydrogen) atoms. The van der Waals surface area contributed by atoms with Crippen LogP contribution in [0.2, 0.25) is 0 Å². The lowest BCUT2D eigenvalue weighted by atomic mass is 10.0. The minimum Gasteiger partial charge on any atom is -0.478 e. The molecule has 0 aromatic heterocycles. The predicted molar refractivity (Wildman–Crippen MR) is 151 cm³/mol. The highest BCUT2D eigenvalue weighted by molar-refractivity contribution is 7.80. The largest absolute Gasteiger partial charge is 0.478 e. The van der Waals surface area contributed by atoms with E-state index in [0.29, 0.717) is 12.1 Å². The molecule has 0 aliphatic carbocycles. The molecule has 0 radical (unpaired) electrons. The molecule has 0 bridgehead atoms. The average molecular weight is 567 g/mol. The molecule has 10 heteroatoms. The Kier molecular flexibility index (Phi) is 16.4. The molecule has 1 rings (SSSR count). The van der Waals surface area contributed by atoms with Crippen LogP contribution in [0.15, 0.2) is 24.3 Å². The first-order valence-corrected chi connectivity index (χ1v) is 13.9. The third-order valence-electron chi connectivity index (χ3n) is 5.53. The minimum atomic E-state index is -1.85. The SMILES string of the molecule is CCCCCCCCCCCCCCC(=O)N[C@H](NC(=S)Nc1cccc(C(=O)O)c1)C(Cl)(Cl)Cl. The van der Waals surface area contributed by atoms with Crippen LogP contribution in [0.25, 0.3) is 0 Å². The molecule has 6 nitrogen and oxygen atoms in total. The smallest absolute Gasteiger partial charge is 0.335 e. The molecular formula is C25H38Cl3N3O3S. The summed E-state index contributed by atoms with van der Waals surface area (Å²) in [7, 11) is 0. The Labute approximate surface area is 229 Å². The van der Waals surface area contributed by atoms with Crippen LogP contribution in [0.3, 0.4) is 0 Å². The van der Waals surface area contributed by atoms with Crippen molar-refractivity contribution in [2.24, 2.45) is 0 Å². The number of alkyl halides is 3. The summed E-state index contributed by atoms with van der Waals surface area (Å²) < 4.78 is -1.85. The molecule has 0 aliphatic heterocycles. The van der Waals surface area contributed by atoms with Crippen LogP contribution in [0.4, 0.5) is 5.69 Å². The zero-order valence-corrected chi connectivity index (χ0v) is 23.5. The highest BCUT2D eigenvalue weighted by Gasteiger charge is 2.34. The molecule has 0 heterocycles. The molecule has 4 N–H and O–H groups in total. The standard InChI is InChI=1S/C25H38Cl3N3O3S/c1-2-3-4-5-6-7-8-9-10-11-12-13-17-21(32)30-23(25(26,27)28)31-24(35)29-20-16-14-15-19(18-20)22(33)34/h14-16,18,23H,2-13,17H2,1H3,(H,30,32)(H,33,34)(H2,29,31,35)/t23-/m1/s1. The van der Waals surface area contributed by atoms with Crippen molar-refractivity contribution in [3.8, 4) is 0 Å². The van der Waals surface area contributed by atoms with Gasteiger partial charge in [0.05, 0.1) is 5.56 Å². The molecule has 198 valence electrons. The molecular weight excluding hydrogens is 529 g/mol. The first-order valence-electron chi connectivity index (χ1n) is 12.4. The van der Waals surface area contributed by atoms with Crippen LogP contribution >= 0.6 is 47.0 Å². The van der Waals surface area contributed by atoms with Gasteiger partial charge < -0.3 is 21.1 Å². The first kappa shape index (κ1) is 31.7. The fourth-order valence-electron chi connectivity index (χ4n) is 3.59. The molecule has 0 aliphatic rings. The quantitative estimate of drug-likeness (QED) is 0.0673. The van der Waals surface area contributed by atoms with E-state index in [0.717, 1.165) is 19.3 Å². The monoisotopic (exact) mass is 565 g/mol. The van der Waals surface area contributed by atoms with Crippen molar-refractivity contribution in [1.29, 1.82) is 0 Å². The predicted octanol–water partition coefficient (Wildman–Crippen LogP) is 7.57. The Hall–Kier alpha value is -1.28. The Bertz CT molecular complexity index is 791. The number of halogens is 3. The number of benzene rings is 1. The summed E-state index contributed by atoms with van der Waals surface area (Å²) in [5.74, 6) is -1.30. The van der Waals surface area contributed by atoms with Crippen LogP contribution in [-0.4, -0.2) is 32.1 Å². The van der Waals surface area contributed by atoms with Crippen LogP contribution in [0.1, 0.15) is 101 Å². The molecule has 0 saturated heterocycles. The topological polar surface area (TPSA) is 90.5 Å². The van der Waals surface area contributed by atoms with Crippen molar-refractivity contribution in [2.75, 3.05) is 5.32 Å². The second-order valence-corrected chi connectivity index (χ2v) is 11.4. The molecule has 0 unspecified atom stereocenters. The van der Waals surface area contributed by atoms with E-state index in [1.54, 1.807) is 12.1 Å². The number of amides is 1. The molecule has 0 saturated carbocycles. The van der Waals surface area contributed by atoms with E-state index < -0.39 is 15.9 Å². The van der Waals surface area contributed by atoms with E-state index >= 15 is 0 Å². The number of aromatic carboxylic acids is 1. The van der Waals surface area contributed by atoms with Crippen LogP contribution < -0.4 is 16.0 Å². The maximum atomic E-state index is 12.4. The Balaban J connectivity index is 2.29. The number of hydrogen-bond donors (Lipinski definition) is 4. The van der Waals surface area contributed by atoms with Gasteiger partial charge in [-0.15, -0.1) is 0 Å². The van der Waals surface area contributed by atoms with Crippen LogP contribution in [0, 0.1) is 0 Å². The normalized spacial score (nSPS) is 12.1. The van der Waals surface area contributed by atoms with Crippen molar-refractivity contribution < 1.29 is 14.7 Å². The zero-order valence-electron chi connectivity index (χ0n) is 20.4. The molecule has 0 spiro atoms. The third-order valence-corrected chi connectivity index (χ3v) is 6.41. The Morgan fingerprint density at radius 3 is 1.97 bits per heavy atom. The van der Waals surface area contributed by atoms with Gasteiger partial charge in [0.25, 0.3) is 0 Å². The van der Waals surface area contributed by atoms with Gasteiger partial charge in [-0.25, -0.2) is 4.79 Å². The summed E-state index contributed by atoms with van der Waals surface area (Å²) in [6.45, 7) is 2.24. The van der Waals surface area contributed by atoms with Gasteiger partial charge in [0.15, 0.2) is 5.11 Å². The Morgan fingerprint density at radius 1 is 0.914 bits per heavy atom. The van der Waals surface area contributed by atoms with Crippen molar-refractivity contribution >= 4 is 69.7 Å². The summed E-state index contributed by atoms with van der Waals surface area (Å²) in [6, 6.07) is 6.12. The fraction of sp³-hybridized carbons (Fsp3) is 0.640. The van der Waals surface area contributed by atoms with Gasteiger partial charge in [0.2, 0.25) is 9.70 Å². The first-order chi connectivity index (χ1) is 16.6. The second kappa shape index (κ2) is 18.0. The summed E-state index contributed by atoms with van der Waals surface area (Å²) in [5, 5.41) is 17.5. The fourth-order valence-corrected chi connectivity index (χ4v) is 4.15. The maximum Gasteiger partial charge on any atom is 0.335 e. The molecule has 1 amide bonds. The summed E-state index contributed by atoms with van der Waals surface area (Å²) >= 11 is 23.3. The summed E-state index contributed by atoms with van der Waals surface area (Å²) in [4.78, 5) is 23.5. The summed E-state index contributed by atoms with van der Waals surface area (Å²) in [5.41, 5.74) is 0.555. The number of carbonyl (C=O) groups excluding carboxylic acids is 1. The third kappa shape index (κ3) is 15.4. The molecule has 1 aromatic rings. The lowest BCUT2D eigenvalue weighted by Crippen LogP contribution is -2.56. The van der Waals surface area contributed by atoms with E-state index in [1.807, 2.05) is 0 Å². The number of rotatable bonds is 17. The number of carboxylic acid groups (broad SMARTS) is 1. The van der Waals surface area contributed by atoms with E-state index in [-0.39, 0.29) is 16.6 Å². The zero-order chi connectivity index (χ0) is 26.1. The molecule has 1 atom stereocenters. The minimum absolute atomic E-state index is 0.0783. The number of carbonyl (C=O) groups is 2. The van der Waals surface area contributed by atoms with Gasteiger partial charge in [-0.05, 0) is 36.8 Å². The number of nitrogens with one attached hydrogen (secondary N) is 3. The highest BCUT2D eigenvalue weighted by Crippen LogP contribution is 2.29. The summed E-state index contributed by atoms with van der Waals surface area (Å²) in [6.07, 6.45) is 13.9. The van der Waals surface area contributed by atoms with Gasteiger partial charge in [-0.2, -0.15) is 0 Å². The van der Waals surface area contributed by atoms with Gasteiger partial charge in [-0.3, -0.25) is 4.79 Å². The number of carboxylic acids is 1.